The summed E-state index contributed by atoms with van der Waals surface area (Å²) >= 11 is 0. The highest BCUT2D eigenvalue weighted by Gasteiger charge is 2.29. The van der Waals surface area contributed by atoms with Crippen molar-refractivity contribution in [2.45, 2.75) is 32.9 Å². The van der Waals surface area contributed by atoms with E-state index < -0.39 is 12.7 Å². The number of hydrogen-bond acceptors (Lipinski definition) is 1. The Labute approximate surface area is 99.5 Å². The molecule has 1 aliphatic rings. The lowest BCUT2D eigenvalue weighted by atomic mass is 9.99. The molecule has 1 fully saturated rings. The molecular formula is C12H17F3N2. The van der Waals surface area contributed by atoms with Gasteiger partial charge in [0.25, 0.3) is 0 Å². The highest BCUT2D eigenvalue weighted by Crippen LogP contribution is 2.22. The SMILES string of the molecule is C=C=C(C)N1C[C@@H](C)CCC1=NCC(F)(F)F. The zero-order chi connectivity index (χ0) is 13.1. The average molecular weight is 246 g/mol. The average Bonchev–Trinajstić information content (AvgIpc) is 2.25. The van der Waals surface area contributed by atoms with Gasteiger partial charge in [-0.15, -0.1) is 5.73 Å². The van der Waals surface area contributed by atoms with Gasteiger partial charge in [0.2, 0.25) is 0 Å². The van der Waals surface area contributed by atoms with Crippen LogP contribution in [0.2, 0.25) is 0 Å². The van der Waals surface area contributed by atoms with Crippen molar-refractivity contribution in [2.24, 2.45) is 10.9 Å². The van der Waals surface area contributed by atoms with E-state index in [0.717, 1.165) is 12.1 Å². The second kappa shape index (κ2) is 5.41. The first-order valence-corrected chi connectivity index (χ1v) is 5.57. The molecule has 0 saturated carbocycles. The van der Waals surface area contributed by atoms with Crippen molar-refractivity contribution < 1.29 is 13.2 Å². The largest absolute Gasteiger partial charge is 0.408 e. The molecule has 0 N–H and O–H groups in total. The number of amidine groups is 1. The first-order chi connectivity index (χ1) is 7.83. The Hall–Kier alpha value is -1.22. The van der Waals surface area contributed by atoms with E-state index in [1.165, 1.54) is 0 Å². The maximum Gasteiger partial charge on any atom is 0.408 e. The van der Waals surface area contributed by atoms with Gasteiger partial charge in [0, 0.05) is 13.0 Å². The predicted octanol–water partition coefficient (Wildman–Crippen LogP) is 3.37. The fourth-order valence-electron chi connectivity index (χ4n) is 1.79. The van der Waals surface area contributed by atoms with Crippen LogP contribution in [0.3, 0.4) is 0 Å². The molecule has 1 rings (SSSR count). The molecule has 0 aromatic rings. The van der Waals surface area contributed by atoms with Crippen molar-refractivity contribution in [3.8, 4) is 0 Å². The van der Waals surface area contributed by atoms with Gasteiger partial charge in [-0.3, -0.25) is 4.99 Å². The molecule has 1 heterocycles. The molecule has 1 aliphatic heterocycles. The summed E-state index contributed by atoms with van der Waals surface area (Å²) in [4.78, 5) is 5.45. The molecule has 0 aromatic heterocycles. The molecule has 0 bridgehead atoms. The molecular weight excluding hydrogens is 229 g/mol. The third kappa shape index (κ3) is 4.27. The Morgan fingerprint density at radius 2 is 2.24 bits per heavy atom. The fraction of sp³-hybridized carbons (Fsp3) is 0.667. The quantitative estimate of drug-likeness (QED) is 0.682. The summed E-state index contributed by atoms with van der Waals surface area (Å²) < 4.78 is 36.4. The van der Waals surface area contributed by atoms with E-state index in [1.807, 2.05) is 0 Å². The number of halogens is 3. The summed E-state index contributed by atoms with van der Waals surface area (Å²) in [6.45, 7) is 6.95. The van der Waals surface area contributed by atoms with Gasteiger partial charge in [0.05, 0.1) is 5.70 Å². The first-order valence-electron chi connectivity index (χ1n) is 5.57. The zero-order valence-electron chi connectivity index (χ0n) is 10.1. The van der Waals surface area contributed by atoms with Crippen LogP contribution < -0.4 is 0 Å². The third-order valence-electron chi connectivity index (χ3n) is 2.77. The second-order valence-electron chi connectivity index (χ2n) is 4.36. The second-order valence-corrected chi connectivity index (χ2v) is 4.36. The monoisotopic (exact) mass is 246 g/mol. The number of piperidine rings is 1. The minimum Gasteiger partial charge on any atom is -0.327 e. The number of likely N-dealkylation sites (tertiary alicyclic amines) is 1. The van der Waals surface area contributed by atoms with Gasteiger partial charge in [0.1, 0.15) is 12.4 Å². The van der Waals surface area contributed by atoms with Crippen LogP contribution >= 0.6 is 0 Å². The Kier molecular flexibility index (Phi) is 4.40. The lowest BCUT2D eigenvalue weighted by molar-refractivity contribution is -0.118. The summed E-state index contributed by atoms with van der Waals surface area (Å²) in [7, 11) is 0. The van der Waals surface area contributed by atoms with E-state index in [4.69, 9.17) is 0 Å². The normalized spacial score (nSPS) is 23.7. The van der Waals surface area contributed by atoms with Gasteiger partial charge in [-0.2, -0.15) is 13.2 Å². The molecule has 0 aromatic carbocycles. The van der Waals surface area contributed by atoms with Crippen LogP contribution in [0.25, 0.3) is 0 Å². The summed E-state index contributed by atoms with van der Waals surface area (Å²) in [5.74, 6) is 0.942. The topological polar surface area (TPSA) is 15.6 Å². The van der Waals surface area contributed by atoms with E-state index in [0.29, 0.717) is 24.7 Å². The highest BCUT2D eigenvalue weighted by atomic mass is 19.4. The smallest absolute Gasteiger partial charge is 0.327 e. The van der Waals surface area contributed by atoms with E-state index in [-0.39, 0.29) is 0 Å². The van der Waals surface area contributed by atoms with Gasteiger partial charge in [-0.1, -0.05) is 13.5 Å². The van der Waals surface area contributed by atoms with Crippen LogP contribution in [0.5, 0.6) is 0 Å². The minimum atomic E-state index is -4.24. The molecule has 2 nitrogen and oxygen atoms in total. The number of rotatable bonds is 2. The molecule has 0 spiro atoms. The molecule has 1 saturated heterocycles. The summed E-state index contributed by atoms with van der Waals surface area (Å²) in [5.41, 5.74) is 3.45. The minimum absolute atomic E-state index is 0.447. The van der Waals surface area contributed by atoms with Crippen LogP contribution in [-0.2, 0) is 0 Å². The van der Waals surface area contributed by atoms with E-state index >= 15 is 0 Å². The summed E-state index contributed by atoms with van der Waals surface area (Å²) in [6.07, 6.45) is -2.79. The van der Waals surface area contributed by atoms with Crippen molar-refractivity contribution in [1.82, 2.24) is 4.90 Å². The summed E-state index contributed by atoms with van der Waals surface area (Å²) in [5, 5.41) is 0. The fourth-order valence-corrected chi connectivity index (χ4v) is 1.79. The molecule has 0 radical (unpaired) electrons. The standard InChI is InChI=1S/C12H17F3N2/c1-4-10(3)17-7-9(2)5-6-11(17)16-8-12(13,14)15/h9H,1,5-8H2,2-3H3/t9-/m0/s1. The van der Waals surface area contributed by atoms with Crippen molar-refractivity contribution in [1.29, 1.82) is 0 Å². The van der Waals surface area contributed by atoms with Crippen LogP contribution in [0.4, 0.5) is 13.2 Å². The van der Waals surface area contributed by atoms with Gasteiger partial charge in [-0.25, -0.2) is 0 Å². The molecule has 5 heteroatoms. The van der Waals surface area contributed by atoms with Crippen LogP contribution in [-0.4, -0.2) is 30.0 Å². The van der Waals surface area contributed by atoms with Crippen LogP contribution in [0.15, 0.2) is 23.0 Å². The predicted molar refractivity (Wildman–Crippen MR) is 61.8 cm³/mol. The Morgan fingerprint density at radius 3 is 2.76 bits per heavy atom. The van der Waals surface area contributed by atoms with Crippen molar-refractivity contribution in [3.05, 3.63) is 18.0 Å². The maximum absolute atomic E-state index is 12.1. The molecule has 17 heavy (non-hydrogen) atoms. The van der Waals surface area contributed by atoms with Crippen LogP contribution in [0.1, 0.15) is 26.7 Å². The van der Waals surface area contributed by atoms with Crippen molar-refractivity contribution >= 4 is 5.84 Å². The molecule has 0 unspecified atom stereocenters. The van der Waals surface area contributed by atoms with E-state index in [1.54, 1.807) is 11.8 Å². The van der Waals surface area contributed by atoms with Gasteiger partial charge in [-0.05, 0) is 19.3 Å². The number of allylic oxidation sites excluding steroid dienone is 1. The maximum atomic E-state index is 12.1. The number of alkyl halides is 3. The molecule has 1 atom stereocenters. The summed E-state index contributed by atoms with van der Waals surface area (Å²) in [6, 6.07) is 0. The first kappa shape index (κ1) is 13.8. The number of hydrogen-bond donors (Lipinski definition) is 0. The Morgan fingerprint density at radius 1 is 1.59 bits per heavy atom. The van der Waals surface area contributed by atoms with Gasteiger partial charge in [0.15, 0.2) is 0 Å². The Bertz CT molecular complexity index is 351. The van der Waals surface area contributed by atoms with Gasteiger partial charge >= 0.3 is 6.18 Å². The molecule has 0 aliphatic carbocycles. The van der Waals surface area contributed by atoms with Crippen LogP contribution in [0, 0.1) is 5.92 Å². The number of nitrogens with zero attached hydrogens (tertiary/aromatic N) is 2. The Balaban J connectivity index is 2.84. The lowest BCUT2D eigenvalue weighted by Gasteiger charge is -2.33. The zero-order valence-corrected chi connectivity index (χ0v) is 10.1. The van der Waals surface area contributed by atoms with E-state index in [2.05, 4.69) is 24.2 Å². The molecule has 96 valence electrons. The third-order valence-corrected chi connectivity index (χ3v) is 2.77. The highest BCUT2D eigenvalue weighted by molar-refractivity contribution is 5.84. The van der Waals surface area contributed by atoms with Crippen molar-refractivity contribution in [2.75, 3.05) is 13.1 Å². The number of aliphatic imine (C=N–C) groups is 1. The van der Waals surface area contributed by atoms with Crippen molar-refractivity contribution in [3.63, 3.8) is 0 Å². The van der Waals surface area contributed by atoms with E-state index in [9.17, 15) is 13.2 Å². The van der Waals surface area contributed by atoms with Gasteiger partial charge < -0.3 is 4.90 Å². The lowest BCUT2D eigenvalue weighted by Crippen LogP contribution is -2.38. The molecule has 0 amide bonds.